The van der Waals surface area contributed by atoms with Gasteiger partial charge in [0.25, 0.3) is 0 Å². The van der Waals surface area contributed by atoms with Gasteiger partial charge in [-0.15, -0.1) is 0 Å². The molecule has 6 heteroatoms. The lowest BCUT2D eigenvalue weighted by atomic mass is 10.2. The molecule has 0 unspecified atom stereocenters. The summed E-state index contributed by atoms with van der Waals surface area (Å²) in [5.41, 5.74) is 2.51. The van der Waals surface area contributed by atoms with Crippen LogP contribution < -0.4 is 4.74 Å². The first-order valence-corrected chi connectivity index (χ1v) is 7.22. The molecule has 0 bridgehead atoms. The van der Waals surface area contributed by atoms with Crippen molar-refractivity contribution in [2.45, 2.75) is 13.2 Å². The number of aromatic nitrogens is 2. The summed E-state index contributed by atoms with van der Waals surface area (Å²) >= 11 is 0. The van der Waals surface area contributed by atoms with E-state index in [-0.39, 0.29) is 12.3 Å². The number of para-hydroxylation sites is 2. The predicted octanol–water partition coefficient (Wildman–Crippen LogP) is 4.33. The lowest BCUT2D eigenvalue weighted by Crippen LogP contribution is -2.01. The van der Waals surface area contributed by atoms with E-state index in [1.54, 1.807) is 24.3 Å². The van der Waals surface area contributed by atoms with Crippen LogP contribution in [0, 0.1) is 11.3 Å². The molecule has 24 heavy (non-hydrogen) atoms. The molecule has 3 rings (SSSR count). The smallest absolute Gasteiger partial charge is 0.387 e. The zero-order chi connectivity index (χ0) is 16.9. The Morgan fingerprint density at radius 1 is 1.12 bits per heavy atom. The fraction of sp³-hybridized carbons (Fsp3) is 0.111. The van der Waals surface area contributed by atoms with Crippen LogP contribution >= 0.6 is 0 Å². The summed E-state index contributed by atoms with van der Waals surface area (Å²) in [4.78, 5) is 4.50. The first-order valence-electron chi connectivity index (χ1n) is 7.22. The van der Waals surface area contributed by atoms with Crippen molar-refractivity contribution in [2.24, 2.45) is 0 Å². The van der Waals surface area contributed by atoms with E-state index in [2.05, 4.69) is 15.8 Å². The van der Waals surface area contributed by atoms with Crippen LogP contribution in [-0.2, 0) is 6.54 Å². The number of ether oxygens (including phenoxy) is 1. The number of fused-ring (bicyclic) bond motifs is 1. The first-order chi connectivity index (χ1) is 11.7. The van der Waals surface area contributed by atoms with Crippen molar-refractivity contribution in [1.29, 1.82) is 5.26 Å². The summed E-state index contributed by atoms with van der Waals surface area (Å²) in [7, 11) is 0. The lowest BCUT2D eigenvalue weighted by Gasteiger charge is -2.04. The molecule has 0 aliphatic carbocycles. The summed E-state index contributed by atoms with van der Waals surface area (Å²) in [6, 6.07) is 16.0. The van der Waals surface area contributed by atoms with E-state index >= 15 is 0 Å². The molecule has 4 nitrogen and oxygen atoms in total. The second-order valence-electron chi connectivity index (χ2n) is 4.98. The van der Waals surface area contributed by atoms with Crippen LogP contribution in [0.3, 0.4) is 0 Å². The number of hydrogen-bond acceptors (Lipinski definition) is 3. The number of alkyl halides is 2. The fourth-order valence-electron chi connectivity index (χ4n) is 2.39. The molecular weight excluding hydrogens is 312 g/mol. The van der Waals surface area contributed by atoms with Crippen molar-refractivity contribution in [3.05, 3.63) is 59.9 Å². The Labute approximate surface area is 137 Å². The Balaban J connectivity index is 1.87. The van der Waals surface area contributed by atoms with Crippen LogP contribution in [0.5, 0.6) is 5.75 Å². The summed E-state index contributed by atoms with van der Waals surface area (Å²) in [6.45, 7) is -2.64. The van der Waals surface area contributed by atoms with Gasteiger partial charge in [-0.1, -0.05) is 30.3 Å². The van der Waals surface area contributed by atoms with Crippen LogP contribution in [0.15, 0.2) is 48.5 Å². The van der Waals surface area contributed by atoms with E-state index in [1.807, 2.05) is 28.8 Å². The average Bonchev–Trinajstić information content (AvgIpc) is 2.92. The van der Waals surface area contributed by atoms with Crippen LogP contribution in [0.25, 0.3) is 23.2 Å². The SMILES string of the molecule is N#CCn1c(/C=C/c2ccc(OC(F)F)cc2)nc2ccccc21. The Morgan fingerprint density at radius 3 is 2.58 bits per heavy atom. The molecule has 0 N–H and O–H groups in total. The maximum atomic E-state index is 12.1. The number of benzene rings is 2. The maximum Gasteiger partial charge on any atom is 0.387 e. The zero-order valence-electron chi connectivity index (χ0n) is 12.6. The Morgan fingerprint density at radius 2 is 1.88 bits per heavy atom. The molecule has 120 valence electrons. The monoisotopic (exact) mass is 325 g/mol. The summed E-state index contributed by atoms with van der Waals surface area (Å²) < 4.78 is 30.4. The zero-order valence-corrected chi connectivity index (χ0v) is 12.6. The minimum Gasteiger partial charge on any atom is -0.435 e. The molecule has 0 spiro atoms. The van der Waals surface area contributed by atoms with Crippen molar-refractivity contribution < 1.29 is 13.5 Å². The molecule has 0 amide bonds. The Hall–Kier alpha value is -3.20. The molecule has 0 aliphatic rings. The van der Waals surface area contributed by atoms with Gasteiger partial charge in [-0.05, 0) is 35.9 Å². The van der Waals surface area contributed by atoms with E-state index in [0.717, 1.165) is 16.6 Å². The minimum atomic E-state index is -2.84. The third-order valence-electron chi connectivity index (χ3n) is 3.44. The third-order valence-corrected chi connectivity index (χ3v) is 3.44. The van der Waals surface area contributed by atoms with E-state index in [4.69, 9.17) is 5.26 Å². The molecule has 0 fully saturated rings. The van der Waals surface area contributed by atoms with Crippen LogP contribution in [0.1, 0.15) is 11.4 Å². The Bertz CT molecular complexity index is 908. The first kappa shape index (κ1) is 15.7. The normalized spacial score (nSPS) is 11.2. The summed E-state index contributed by atoms with van der Waals surface area (Å²) in [5, 5.41) is 9.01. The third kappa shape index (κ3) is 3.41. The number of nitriles is 1. The highest BCUT2D eigenvalue weighted by molar-refractivity contribution is 5.80. The summed E-state index contributed by atoms with van der Waals surface area (Å²) in [5.74, 6) is 0.768. The van der Waals surface area contributed by atoms with Crippen molar-refractivity contribution in [1.82, 2.24) is 9.55 Å². The van der Waals surface area contributed by atoms with Crippen LogP contribution in [0.4, 0.5) is 8.78 Å². The summed E-state index contributed by atoms with van der Waals surface area (Å²) in [6.07, 6.45) is 3.60. The van der Waals surface area contributed by atoms with Crippen molar-refractivity contribution in [2.75, 3.05) is 0 Å². The quantitative estimate of drug-likeness (QED) is 0.701. The van der Waals surface area contributed by atoms with E-state index < -0.39 is 6.61 Å². The van der Waals surface area contributed by atoms with Gasteiger partial charge < -0.3 is 9.30 Å². The van der Waals surface area contributed by atoms with Crippen molar-refractivity contribution in [3.8, 4) is 11.8 Å². The van der Waals surface area contributed by atoms with Gasteiger partial charge in [-0.25, -0.2) is 4.98 Å². The number of nitrogens with zero attached hydrogens (tertiary/aromatic N) is 3. The average molecular weight is 325 g/mol. The Kier molecular flexibility index (Phi) is 4.52. The van der Waals surface area contributed by atoms with Crippen molar-refractivity contribution in [3.63, 3.8) is 0 Å². The molecule has 0 saturated heterocycles. The van der Waals surface area contributed by atoms with E-state index in [9.17, 15) is 8.78 Å². The molecular formula is C18H13F2N3O. The van der Waals surface area contributed by atoms with Gasteiger partial charge in [0.2, 0.25) is 0 Å². The van der Waals surface area contributed by atoms with E-state index in [0.29, 0.717) is 5.82 Å². The lowest BCUT2D eigenvalue weighted by molar-refractivity contribution is -0.0498. The van der Waals surface area contributed by atoms with Gasteiger partial charge in [0.05, 0.1) is 17.1 Å². The van der Waals surface area contributed by atoms with E-state index in [1.165, 1.54) is 12.1 Å². The van der Waals surface area contributed by atoms with Gasteiger partial charge >= 0.3 is 6.61 Å². The highest BCUT2D eigenvalue weighted by Gasteiger charge is 2.07. The standard InChI is InChI=1S/C18H13F2N3O/c19-18(20)24-14-8-5-13(6-9-14)7-10-17-22-15-3-1-2-4-16(15)23(17)12-11-21/h1-10,18H,12H2/b10-7+. The maximum absolute atomic E-state index is 12.1. The molecule has 1 heterocycles. The van der Waals surface area contributed by atoms with Crippen LogP contribution in [-0.4, -0.2) is 16.2 Å². The van der Waals surface area contributed by atoms with Crippen LogP contribution in [0.2, 0.25) is 0 Å². The second-order valence-corrected chi connectivity index (χ2v) is 4.98. The second kappa shape index (κ2) is 6.92. The van der Waals surface area contributed by atoms with Crippen molar-refractivity contribution >= 4 is 23.2 Å². The largest absolute Gasteiger partial charge is 0.435 e. The molecule has 0 aliphatic heterocycles. The van der Waals surface area contributed by atoms with Gasteiger partial charge in [0, 0.05) is 0 Å². The van der Waals surface area contributed by atoms with Gasteiger partial charge in [0.15, 0.2) is 0 Å². The number of halogens is 2. The van der Waals surface area contributed by atoms with Gasteiger partial charge in [0.1, 0.15) is 18.1 Å². The number of imidazole rings is 1. The number of rotatable bonds is 5. The molecule has 3 aromatic rings. The minimum absolute atomic E-state index is 0.110. The molecule has 0 radical (unpaired) electrons. The number of hydrogen-bond donors (Lipinski definition) is 0. The highest BCUT2D eigenvalue weighted by Crippen LogP contribution is 2.19. The molecule has 0 saturated carbocycles. The molecule has 1 aromatic heterocycles. The molecule has 2 aromatic carbocycles. The molecule has 0 atom stereocenters. The van der Waals surface area contributed by atoms with Gasteiger partial charge in [-0.3, -0.25) is 0 Å². The topological polar surface area (TPSA) is 50.8 Å². The predicted molar refractivity (Wildman–Crippen MR) is 87.3 cm³/mol. The van der Waals surface area contributed by atoms with Gasteiger partial charge in [-0.2, -0.15) is 14.0 Å². The fourth-order valence-corrected chi connectivity index (χ4v) is 2.39. The highest BCUT2D eigenvalue weighted by atomic mass is 19.3.